The molecule has 2 fully saturated rings. The highest BCUT2D eigenvalue weighted by Crippen LogP contribution is 2.17. The van der Waals surface area contributed by atoms with E-state index in [1.165, 1.54) is 51.6 Å². The van der Waals surface area contributed by atoms with Crippen LogP contribution < -0.4 is 5.32 Å². The molecule has 0 aliphatic carbocycles. The fourth-order valence-electron chi connectivity index (χ4n) is 2.28. The fraction of sp³-hybridized carbons (Fsp3) is 1.00. The Morgan fingerprint density at radius 1 is 0.917 bits per heavy atom. The fourth-order valence-corrected chi connectivity index (χ4v) is 2.28. The molecule has 2 saturated heterocycles. The highest BCUT2D eigenvalue weighted by molar-refractivity contribution is 4.75. The summed E-state index contributed by atoms with van der Waals surface area (Å²) in [7, 11) is 0. The van der Waals surface area contributed by atoms with Crippen LogP contribution in [0.5, 0.6) is 0 Å². The van der Waals surface area contributed by atoms with Gasteiger partial charge in [-0.05, 0) is 45.2 Å². The molecule has 2 aliphatic rings. The van der Waals surface area contributed by atoms with E-state index in [0.717, 1.165) is 6.54 Å². The van der Waals surface area contributed by atoms with Crippen molar-refractivity contribution in [3.63, 3.8) is 0 Å². The van der Waals surface area contributed by atoms with Gasteiger partial charge in [0.05, 0.1) is 6.17 Å². The number of hydrogen-bond acceptors (Lipinski definition) is 1. The van der Waals surface area contributed by atoms with Gasteiger partial charge >= 0.3 is 0 Å². The summed E-state index contributed by atoms with van der Waals surface area (Å²) in [6.45, 7) is 3.71. The van der Waals surface area contributed by atoms with E-state index < -0.39 is 0 Å². The van der Waals surface area contributed by atoms with Gasteiger partial charge in [-0.15, -0.1) is 0 Å². The summed E-state index contributed by atoms with van der Waals surface area (Å²) in [6.07, 6.45) is 8.86. The van der Waals surface area contributed by atoms with E-state index in [2.05, 4.69) is 10.2 Å². The monoisotopic (exact) mass is 167 g/mol. The van der Waals surface area contributed by atoms with Crippen LogP contribution in [0.2, 0.25) is 0 Å². The summed E-state index contributed by atoms with van der Waals surface area (Å²) in [5, 5.41) is 4.68. The van der Waals surface area contributed by atoms with Crippen molar-refractivity contribution in [3.8, 4) is 0 Å². The van der Waals surface area contributed by atoms with Crippen LogP contribution >= 0.6 is 0 Å². The van der Waals surface area contributed by atoms with Crippen molar-refractivity contribution >= 4 is 0 Å². The van der Waals surface area contributed by atoms with E-state index in [-0.39, 0.29) is 0 Å². The van der Waals surface area contributed by atoms with E-state index in [1.807, 2.05) is 0 Å². The van der Waals surface area contributed by atoms with E-state index in [4.69, 9.17) is 0 Å². The van der Waals surface area contributed by atoms with Gasteiger partial charge in [-0.25, -0.2) is 5.32 Å². The van der Waals surface area contributed by atoms with Crippen molar-refractivity contribution in [1.82, 2.24) is 10.2 Å². The molecule has 2 nitrogen and oxygen atoms in total. The lowest BCUT2D eigenvalue weighted by Gasteiger charge is -2.36. The van der Waals surface area contributed by atoms with Gasteiger partial charge < -0.3 is 0 Å². The Bertz CT molecular complexity index is 108. The molecule has 0 saturated carbocycles. The largest absolute Gasteiger partial charge is 0.287 e. The third-order valence-corrected chi connectivity index (χ3v) is 3.02. The molecule has 2 heteroatoms. The van der Waals surface area contributed by atoms with Gasteiger partial charge in [0.2, 0.25) is 0 Å². The summed E-state index contributed by atoms with van der Waals surface area (Å²) in [5.41, 5.74) is 0. The average Bonchev–Trinajstić information content (AvgIpc) is 2.21. The zero-order valence-corrected chi connectivity index (χ0v) is 7.84. The van der Waals surface area contributed by atoms with Gasteiger partial charge in [0.15, 0.2) is 0 Å². The summed E-state index contributed by atoms with van der Waals surface area (Å²) >= 11 is 0. The van der Waals surface area contributed by atoms with Gasteiger partial charge in [-0.3, -0.25) is 4.90 Å². The van der Waals surface area contributed by atoms with Crippen LogP contribution in [0.25, 0.3) is 0 Å². The molecule has 2 aliphatic heterocycles. The molecule has 0 aromatic carbocycles. The Balaban J connectivity index is 1.80. The lowest BCUT2D eigenvalue weighted by molar-refractivity contribution is 0.111. The third-order valence-electron chi connectivity index (χ3n) is 3.02. The van der Waals surface area contributed by atoms with Crippen LogP contribution in [0.4, 0.5) is 0 Å². The van der Waals surface area contributed by atoms with Crippen molar-refractivity contribution < 1.29 is 0 Å². The quantitative estimate of drug-likeness (QED) is 0.579. The molecule has 1 radical (unpaired) electrons. The second kappa shape index (κ2) is 4.24. The van der Waals surface area contributed by atoms with E-state index in [0.29, 0.717) is 6.17 Å². The molecular weight excluding hydrogens is 148 g/mol. The molecule has 1 unspecified atom stereocenters. The lowest BCUT2D eigenvalue weighted by atomic mass is 10.1. The lowest BCUT2D eigenvalue weighted by Crippen LogP contribution is -2.46. The Morgan fingerprint density at radius 2 is 1.75 bits per heavy atom. The van der Waals surface area contributed by atoms with Crippen LogP contribution in [-0.4, -0.2) is 30.7 Å². The van der Waals surface area contributed by atoms with Crippen molar-refractivity contribution in [3.05, 3.63) is 0 Å². The summed E-state index contributed by atoms with van der Waals surface area (Å²) in [4.78, 5) is 2.59. The van der Waals surface area contributed by atoms with Gasteiger partial charge in [-0.1, -0.05) is 6.42 Å². The van der Waals surface area contributed by atoms with Crippen LogP contribution in [0, 0.1) is 0 Å². The Labute approximate surface area is 75.3 Å². The maximum atomic E-state index is 4.68. The summed E-state index contributed by atoms with van der Waals surface area (Å²) in [5.74, 6) is 0. The molecule has 0 aromatic heterocycles. The molecular formula is C10H19N2. The Kier molecular flexibility index (Phi) is 3.01. The van der Waals surface area contributed by atoms with Crippen molar-refractivity contribution in [2.45, 2.75) is 44.7 Å². The van der Waals surface area contributed by atoms with Crippen LogP contribution in [0.1, 0.15) is 38.5 Å². The molecule has 69 valence electrons. The van der Waals surface area contributed by atoms with Crippen LogP contribution in [-0.2, 0) is 0 Å². The molecule has 12 heavy (non-hydrogen) atoms. The highest BCUT2D eigenvalue weighted by Gasteiger charge is 2.22. The first-order valence-corrected chi connectivity index (χ1v) is 5.37. The highest BCUT2D eigenvalue weighted by atomic mass is 15.3. The van der Waals surface area contributed by atoms with Crippen LogP contribution in [0.3, 0.4) is 0 Å². The number of rotatable bonds is 1. The molecule has 0 spiro atoms. The maximum Gasteiger partial charge on any atom is 0.0760 e. The topological polar surface area (TPSA) is 17.3 Å². The molecule has 2 rings (SSSR count). The first-order valence-electron chi connectivity index (χ1n) is 5.37. The van der Waals surface area contributed by atoms with Gasteiger partial charge in [0.25, 0.3) is 0 Å². The van der Waals surface area contributed by atoms with Gasteiger partial charge in [-0.2, -0.15) is 0 Å². The van der Waals surface area contributed by atoms with E-state index >= 15 is 0 Å². The number of piperidine rings is 2. The maximum absolute atomic E-state index is 4.68. The van der Waals surface area contributed by atoms with E-state index in [9.17, 15) is 0 Å². The normalized spacial score (nSPS) is 33.5. The van der Waals surface area contributed by atoms with Crippen molar-refractivity contribution in [2.24, 2.45) is 0 Å². The van der Waals surface area contributed by atoms with Crippen LogP contribution in [0.15, 0.2) is 0 Å². The first-order chi connectivity index (χ1) is 5.97. The third kappa shape index (κ3) is 1.99. The second-order valence-corrected chi connectivity index (χ2v) is 3.98. The molecule has 0 amide bonds. The smallest absolute Gasteiger partial charge is 0.0760 e. The SMILES string of the molecule is C1CCN(C2CCCC[N]2)CC1. The zero-order chi connectivity index (χ0) is 8.23. The number of hydrogen-bond donors (Lipinski definition) is 0. The molecule has 0 N–H and O–H groups in total. The van der Waals surface area contributed by atoms with Gasteiger partial charge in [0, 0.05) is 6.54 Å². The van der Waals surface area contributed by atoms with Gasteiger partial charge in [0.1, 0.15) is 0 Å². The zero-order valence-electron chi connectivity index (χ0n) is 7.84. The standard InChI is InChI=1S/C10H19N2/c1-4-8-12(9-5-1)10-6-2-3-7-11-10/h10H,1-9H2. The molecule has 1 atom stereocenters. The molecule has 2 heterocycles. The summed E-state index contributed by atoms with van der Waals surface area (Å²) < 4.78 is 0. The number of nitrogens with zero attached hydrogens (tertiary/aromatic N) is 2. The first kappa shape index (κ1) is 8.52. The predicted octanol–water partition coefficient (Wildman–Crippen LogP) is 1.59. The molecule has 0 aromatic rings. The summed E-state index contributed by atoms with van der Waals surface area (Å²) in [6, 6.07) is 0. The minimum Gasteiger partial charge on any atom is -0.287 e. The Morgan fingerprint density at radius 3 is 2.42 bits per heavy atom. The minimum atomic E-state index is 0.596. The molecule has 0 bridgehead atoms. The second-order valence-electron chi connectivity index (χ2n) is 3.98. The Hall–Kier alpha value is -0.0800. The minimum absolute atomic E-state index is 0.596. The predicted molar refractivity (Wildman–Crippen MR) is 50.1 cm³/mol. The van der Waals surface area contributed by atoms with Crippen molar-refractivity contribution in [2.75, 3.05) is 19.6 Å². The number of likely N-dealkylation sites (tertiary alicyclic amines) is 1. The van der Waals surface area contributed by atoms with Crippen molar-refractivity contribution in [1.29, 1.82) is 0 Å². The van der Waals surface area contributed by atoms with E-state index in [1.54, 1.807) is 0 Å². The average molecular weight is 167 g/mol.